The molecule has 2 aromatic heterocycles. The van der Waals surface area contributed by atoms with Gasteiger partial charge >= 0.3 is 6.18 Å². The van der Waals surface area contributed by atoms with Gasteiger partial charge in [0.1, 0.15) is 9.90 Å². The zero-order valence-electron chi connectivity index (χ0n) is 19.9. The van der Waals surface area contributed by atoms with Crippen LogP contribution in [0, 0.1) is 0 Å². The fourth-order valence-corrected chi connectivity index (χ4v) is 7.07. The van der Waals surface area contributed by atoms with E-state index in [-0.39, 0.29) is 31.2 Å². The summed E-state index contributed by atoms with van der Waals surface area (Å²) in [6.45, 7) is 0.660. The molecule has 8 nitrogen and oxygen atoms in total. The molecule has 0 aliphatic carbocycles. The Labute approximate surface area is 216 Å². The van der Waals surface area contributed by atoms with Gasteiger partial charge in [-0.2, -0.15) is 17.5 Å². The van der Waals surface area contributed by atoms with Crippen LogP contribution in [0.15, 0.2) is 53.6 Å². The number of nitrogens with zero attached hydrogens (tertiary/aromatic N) is 4. The first-order valence-corrected chi connectivity index (χ1v) is 13.9. The van der Waals surface area contributed by atoms with E-state index in [1.54, 1.807) is 0 Å². The van der Waals surface area contributed by atoms with Crippen molar-refractivity contribution in [1.29, 1.82) is 0 Å². The summed E-state index contributed by atoms with van der Waals surface area (Å²) >= 11 is 1.20. The number of hydrogen-bond donors (Lipinski definition) is 2. The summed E-state index contributed by atoms with van der Waals surface area (Å²) in [5.74, 6) is -0.0639. The number of nitrogens with two attached hydrogens (primary N) is 1. The van der Waals surface area contributed by atoms with Crippen molar-refractivity contribution in [3.05, 3.63) is 64.8 Å². The molecule has 13 heteroatoms. The Hall–Kier alpha value is -3.16. The number of sulfonamides is 1. The van der Waals surface area contributed by atoms with Gasteiger partial charge in [-0.05, 0) is 36.2 Å². The summed E-state index contributed by atoms with van der Waals surface area (Å²) in [7, 11) is -2.28. The first kappa shape index (κ1) is 25.5. The molecule has 37 heavy (non-hydrogen) atoms. The number of fused-ring (bicyclic) bond motifs is 1. The average molecular weight is 551 g/mol. The highest BCUT2D eigenvalue weighted by atomic mass is 32.2. The fourth-order valence-electron chi connectivity index (χ4n) is 4.77. The number of aryl methyl sites for hydroxylation is 1. The molecule has 0 radical (unpaired) electrons. The maximum absolute atomic E-state index is 13.7. The largest absolute Gasteiger partial charge is 0.416 e. The molecule has 1 aliphatic rings. The number of halogens is 3. The van der Waals surface area contributed by atoms with Crippen molar-refractivity contribution < 1.29 is 21.6 Å². The van der Waals surface area contributed by atoms with Crippen LogP contribution in [0.25, 0.3) is 10.9 Å². The minimum Gasteiger partial charge on any atom is -0.384 e. The van der Waals surface area contributed by atoms with Crippen LogP contribution < -0.4 is 11.1 Å². The van der Waals surface area contributed by atoms with Crippen molar-refractivity contribution in [2.24, 2.45) is 7.05 Å². The van der Waals surface area contributed by atoms with E-state index in [4.69, 9.17) is 5.73 Å². The molecule has 0 spiro atoms. The van der Waals surface area contributed by atoms with E-state index in [2.05, 4.69) is 15.5 Å². The molecule has 1 unspecified atom stereocenters. The normalized spacial score (nSPS) is 17.0. The van der Waals surface area contributed by atoms with Crippen LogP contribution >= 0.6 is 11.3 Å². The number of aromatic nitrogens is 3. The number of rotatable bonds is 7. The van der Waals surface area contributed by atoms with Crippen LogP contribution in [-0.4, -0.2) is 47.1 Å². The lowest BCUT2D eigenvalue weighted by atomic mass is 9.98. The van der Waals surface area contributed by atoms with Crippen LogP contribution in [-0.2, 0) is 29.7 Å². The van der Waals surface area contributed by atoms with E-state index < -0.39 is 26.7 Å². The van der Waals surface area contributed by atoms with Gasteiger partial charge in [-0.25, -0.2) is 8.42 Å². The molecule has 0 amide bonds. The van der Waals surface area contributed by atoms with E-state index in [1.165, 1.54) is 21.7 Å². The SMILES string of the molecule is Cn1cc(C2CCN(S(=O)(=O)c3cc(C(F)(F)F)ccc3NCCc3nnc(N)s3)C2)c2ccccc21. The van der Waals surface area contributed by atoms with Crippen molar-refractivity contribution in [3.8, 4) is 0 Å². The number of para-hydroxylation sites is 1. The lowest BCUT2D eigenvalue weighted by Crippen LogP contribution is -2.30. The maximum atomic E-state index is 13.7. The number of anilines is 2. The minimum atomic E-state index is -4.68. The van der Waals surface area contributed by atoms with Gasteiger partial charge in [-0.3, -0.25) is 0 Å². The van der Waals surface area contributed by atoms with E-state index in [1.807, 2.05) is 42.1 Å². The van der Waals surface area contributed by atoms with Gasteiger partial charge in [-0.15, -0.1) is 10.2 Å². The Bertz CT molecular complexity index is 1550. The summed E-state index contributed by atoms with van der Waals surface area (Å²) in [5, 5.41) is 12.6. The molecule has 0 saturated carbocycles. The molecule has 1 atom stereocenters. The molecule has 1 aliphatic heterocycles. The number of benzene rings is 2. The van der Waals surface area contributed by atoms with Gasteiger partial charge in [0.05, 0.1) is 11.3 Å². The molecule has 4 aromatic rings. The van der Waals surface area contributed by atoms with Gasteiger partial charge in [-0.1, -0.05) is 29.5 Å². The van der Waals surface area contributed by atoms with E-state index >= 15 is 0 Å². The Kier molecular flexibility index (Phi) is 6.62. The second-order valence-electron chi connectivity index (χ2n) is 8.98. The number of alkyl halides is 3. The van der Waals surface area contributed by atoms with E-state index in [0.29, 0.717) is 29.0 Å². The first-order chi connectivity index (χ1) is 17.5. The highest BCUT2D eigenvalue weighted by Crippen LogP contribution is 2.39. The molecule has 0 bridgehead atoms. The predicted octanol–water partition coefficient (Wildman–Crippen LogP) is 4.46. The Morgan fingerprint density at radius 1 is 1.19 bits per heavy atom. The molecule has 196 valence electrons. The van der Waals surface area contributed by atoms with Gasteiger partial charge in [0, 0.05) is 56.1 Å². The lowest BCUT2D eigenvalue weighted by molar-refractivity contribution is -0.137. The number of hydrogen-bond acceptors (Lipinski definition) is 7. The molecular weight excluding hydrogens is 525 g/mol. The van der Waals surface area contributed by atoms with Crippen molar-refractivity contribution in [1.82, 2.24) is 19.1 Å². The van der Waals surface area contributed by atoms with Gasteiger partial charge < -0.3 is 15.6 Å². The number of nitrogens with one attached hydrogen (secondary N) is 1. The van der Waals surface area contributed by atoms with Crippen molar-refractivity contribution >= 4 is 43.1 Å². The highest BCUT2D eigenvalue weighted by molar-refractivity contribution is 7.89. The van der Waals surface area contributed by atoms with Crippen LogP contribution in [0.5, 0.6) is 0 Å². The molecule has 2 aromatic carbocycles. The molecule has 1 fully saturated rings. The highest BCUT2D eigenvalue weighted by Gasteiger charge is 2.38. The Morgan fingerprint density at radius 2 is 1.97 bits per heavy atom. The van der Waals surface area contributed by atoms with E-state index in [0.717, 1.165) is 22.5 Å². The van der Waals surface area contributed by atoms with Crippen LogP contribution in [0.4, 0.5) is 24.0 Å². The van der Waals surface area contributed by atoms with E-state index in [9.17, 15) is 21.6 Å². The third-order valence-corrected chi connectivity index (χ3v) is 9.30. The molecule has 3 N–H and O–H groups in total. The topological polar surface area (TPSA) is 106 Å². The summed E-state index contributed by atoms with van der Waals surface area (Å²) in [6, 6.07) is 10.6. The smallest absolute Gasteiger partial charge is 0.384 e. The fraction of sp³-hybridized carbons (Fsp3) is 0.333. The summed E-state index contributed by atoms with van der Waals surface area (Å²) in [4.78, 5) is -0.391. The van der Waals surface area contributed by atoms with Crippen molar-refractivity contribution in [3.63, 3.8) is 0 Å². The Morgan fingerprint density at radius 3 is 2.70 bits per heavy atom. The minimum absolute atomic E-state index is 0.0639. The standard InChI is InChI=1S/C24H25F3N6O2S2/c1-32-14-18(17-4-2-3-5-20(17)32)15-9-11-33(13-15)37(34,35)21-12-16(24(25,26)27)6-7-19(21)29-10-8-22-30-31-23(28)36-22/h2-7,12,14-15,29H,8-11,13H2,1H3,(H2,28,31). The third kappa shape index (κ3) is 5.03. The average Bonchev–Trinajstić information content (AvgIpc) is 3.58. The quantitative estimate of drug-likeness (QED) is 0.352. The maximum Gasteiger partial charge on any atom is 0.416 e. The Balaban J connectivity index is 1.42. The summed E-state index contributed by atoms with van der Waals surface area (Å²) in [6.07, 6.45) is -1.71. The van der Waals surface area contributed by atoms with Crippen molar-refractivity contribution in [2.45, 2.75) is 29.8 Å². The van der Waals surface area contributed by atoms with Crippen LogP contribution in [0.3, 0.4) is 0 Å². The number of nitrogen functional groups attached to an aromatic ring is 1. The monoisotopic (exact) mass is 550 g/mol. The third-order valence-electron chi connectivity index (χ3n) is 6.58. The second kappa shape index (κ2) is 9.62. The van der Waals surface area contributed by atoms with Crippen LogP contribution in [0.2, 0.25) is 0 Å². The van der Waals surface area contributed by atoms with Crippen LogP contribution in [0.1, 0.15) is 28.5 Å². The summed E-state index contributed by atoms with van der Waals surface area (Å²) in [5.41, 5.74) is 6.76. The van der Waals surface area contributed by atoms with Gasteiger partial charge in [0.25, 0.3) is 0 Å². The first-order valence-electron chi connectivity index (χ1n) is 11.6. The molecule has 5 rings (SSSR count). The molecule has 3 heterocycles. The predicted molar refractivity (Wildman–Crippen MR) is 137 cm³/mol. The summed E-state index contributed by atoms with van der Waals surface area (Å²) < 4.78 is 71.2. The van der Waals surface area contributed by atoms with Crippen molar-refractivity contribution in [2.75, 3.05) is 30.7 Å². The zero-order chi connectivity index (χ0) is 26.4. The second-order valence-corrected chi connectivity index (χ2v) is 12.0. The van der Waals surface area contributed by atoms with Gasteiger partial charge in [0.2, 0.25) is 15.2 Å². The zero-order valence-corrected chi connectivity index (χ0v) is 21.5. The molecule has 1 saturated heterocycles. The molecular formula is C24H25F3N6O2S2. The van der Waals surface area contributed by atoms with Gasteiger partial charge in [0.15, 0.2) is 0 Å². The lowest BCUT2D eigenvalue weighted by Gasteiger charge is -2.21.